The molecule has 66 valence electrons. The Morgan fingerprint density at radius 2 is 2.36 bits per heavy atom. The first-order valence-electron chi connectivity index (χ1n) is 4.25. The van der Waals surface area contributed by atoms with E-state index in [1.807, 2.05) is 6.92 Å². The molecule has 0 aromatic heterocycles. The number of aliphatic hydroxyl groups excluding tert-OH is 2. The number of hydrogen-bond donors (Lipinski definition) is 2. The van der Waals surface area contributed by atoms with Gasteiger partial charge in [0.05, 0.1) is 12.7 Å². The number of likely N-dealkylation sites (tertiary alicyclic amines) is 1. The lowest BCUT2D eigenvalue weighted by molar-refractivity contribution is 0.124. The van der Waals surface area contributed by atoms with E-state index >= 15 is 0 Å². The molecule has 0 amide bonds. The van der Waals surface area contributed by atoms with Gasteiger partial charge in [-0.05, 0) is 25.8 Å². The predicted octanol–water partition coefficient (Wildman–Crippen LogP) is -0.319. The van der Waals surface area contributed by atoms with Gasteiger partial charge in [-0.3, -0.25) is 0 Å². The predicted molar refractivity (Wildman–Crippen MR) is 43.3 cm³/mol. The lowest BCUT2D eigenvalue weighted by atomic mass is 10.0. The van der Waals surface area contributed by atoms with Gasteiger partial charge in [0.1, 0.15) is 0 Å². The Balaban J connectivity index is 2.23. The molecule has 11 heavy (non-hydrogen) atoms. The second kappa shape index (κ2) is 4.04. The van der Waals surface area contributed by atoms with Gasteiger partial charge in [0.2, 0.25) is 0 Å². The van der Waals surface area contributed by atoms with Crippen LogP contribution in [0.4, 0.5) is 0 Å². The molecule has 1 saturated heterocycles. The monoisotopic (exact) mass is 159 g/mol. The lowest BCUT2D eigenvalue weighted by Gasteiger charge is -2.15. The Hall–Kier alpha value is -0.120. The number of nitrogens with zero attached hydrogens (tertiary/aromatic N) is 1. The highest BCUT2D eigenvalue weighted by Gasteiger charge is 2.24. The first-order valence-corrected chi connectivity index (χ1v) is 4.25. The molecule has 2 unspecified atom stereocenters. The van der Waals surface area contributed by atoms with Crippen LogP contribution in [0, 0.1) is 5.92 Å². The topological polar surface area (TPSA) is 43.7 Å². The number of rotatable bonds is 3. The minimum atomic E-state index is -0.196. The van der Waals surface area contributed by atoms with Crippen LogP contribution in [0.3, 0.4) is 0 Å². The largest absolute Gasteiger partial charge is 0.395 e. The van der Waals surface area contributed by atoms with Crippen molar-refractivity contribution in [3.63, 3.8) is 0 Å². The van der Waals surface area contributed by atoms with Gasteiger partial charge in [-0.1, -0.05) is 0 Å². The normalized spacial score (nSPS) is 29.2. The molecular formula is C8H17NO2. The summed E-state index contributed by atoms with van der Waals surface area (Å²) in [7, 11) is 0. The van der Waals surface area contributed by atoms with Gasteiger partial charge in [0.25, 0.3) is 0 Å². The molecule has 1 rings (SSSR count). The van der Waals surface area contributed by atoms with Crippen LogP contribution in [-0.2, 0) is 0 Å². The first-order chi connectivity index (χ1) is 5.24. The second-order valence-electron chi connectivity index (χ2n) is 3.31. The molecule has 0 spiro atoms. The van der Waals surface area contributed by atoms with Crippen molar-refractivity contribution < 1.29 is 10.2 Å². The van der Waals surface area contributed by atoms with Gasteiger partial charge in [-0.15, -0.1) is 0 Å². The van der Waals surface area contributed by atoms with Crippen molar-refractivity contribution in [2.24, 2.45) is 5.92 Å². The molecule has 0 aliphatic carbocycles. The number of aliphatic hydroxyl groups is 2. The van der Waals surface area contributed by atoms with E-state index < -0.39 is 0 Å². The van der Waals surface area contributed by atoms with Crippen molar-refractivity contribution in [1.29, 1.82) is 0 Å². The van der Waals surface area contributed by atoms with Gasteiger partial charge in [0, 0.05) is 13.1 Å². The van der Waals surface area contributed by atoms with Crippen molar-refractivity contribution in [3.8, 4) is 0 Å². The Morgan fingerprint density at radius 1 is 1.64 bits per heavy atom. The summed E-state index contributed by atoms with van der Waals surface area (Å²) in [5.41, 5.74) is 0. The first kappa shape index (κ1) is 8.97. The van der Waals surface area contributed by atoms with E-state index in [0.29, 0.717) is 5.92 Å². The van der Waals surface area contributed by atoms with Gasteiger partial charge < -0.3 is 15.1 Å². The Morgan fingerprint density at radius 3 is 2.82 bits per heavy atom. The Kier molecular flexibility index (Phi) is 3.30. The third-order valence-electron chi connectivity index (χ3n) is 2.41. The molecule has 0 radical (unpaired) electrons. The van der Waals surface area contributed by atoms with E-state index in [-0.39, 0.29) is 12.7 Å². The Bertz CT molecular complexity index is 117. The van der Waals surface area contributed by atoms with Crippen LogP contribution in [-0.4, -0.2) is 47.5 Å². The van der Waals surface area contributed by atoms with Gasteiger partial charge in [0.15, 0.2) is 0 Å². The van der Waals surface area contributed by atoms with Crippen LogP contribution in [0.1, 0.15) is 13.3 Å². The zero-order valence-electron chi connectivity index (χ0n) is 7.03. The SMILES string of the molecule is CC(O)C1CCN(CCO)C1. The molecule has 1 heterocycles. The van der Waals surface area contributed by atoms with Crippen LogP contribution < -0.4 is 0 Å². The summed E-state index contributed by atoms with van der Waals surface area (Å²) in [6, 6.07) is 0. The van der Waals surface area contributed by atoms with Crippen molar-refractivity contribution in [2.45, 2.75) is 19.4 Å². The molecule has 1 aliphatic rings. The van der Waals surface area contributed by atoms with Gasteiger partial charge >= 0.3 is 0 Å². The smallest absolute Gasteiger partial charge is 0.0558 e. The molecule has 3 nitrogen and oxygen atoms in total. The molecule has 0 saturated carbocycles. The maximum absolute atomic E-state index is 9.25. The summed E-state index contributed by atoms with van der Waals surface area (Å²) in [6.07, 6.45) is 0.871. The maximum Gasteiger partial charge on any atom is 0.0558 e. The molecule has 2 N–H and O–H groups in total. The third kappa shape index (κ3) is 2.43. The fourth-order valence-electron chi connectivity index (χ4n) is 1.60. The van der Waals surface area contributed by atoms with Crippen LogP contribution in [0.15, 0.2) is 0 Å². The molecule has 0 aromatic carbocycles. The van der Waals surface area contributed by atoms with E-state index in [9.17, 15) is 5.11 Å². The van der Waals surface area contributed by atoms with E-state index in [2.05, 4.69) is 4.90 Å². The summed E-state index contributed by atoms with van der Waals surface area (Å²) in [5.74, 6) is 0.418. The lowest BCUT2D eigenvalue weighted by Crippen LogP contribution is -2.26. The minimum Gasteiger partial charge on any atom is -0.395 e. The molecule has 0 aromatic rings. The molecule has 1 fully saturated rings. The van der Waals surface area contributed by atoms with Crippen LogP contribution >= 0.6 is 0 Å². The summed E-state index contributed by atoms with van der Waals surface area (Å²) < 4.78 is 0. The number of hydrogen-bond acceptors (Lipinski definition) is 3. The second-order valence-corrected chi connectivity index (χ2v) is 3.31. The van der Waals surface area contributed by atoms with E-state index in [1.165, 1.54) is 0 Å². The minimum absolute atomic E-state index is 0.196. The fourth-order valence-corrected chi connectivity index (χ4v) is 1.60. The Labute approximate surface area is 67.6 Å². The van der Waals surface area contributed by atoms with Crippen LogP contribution in [0.2, 0.25) is 0 Å². The van der Waals surface area contributed by atoms with Crippen molar-refractivity contribution >= 4 is 0 Å². The fraction of sp³-hybridized carbons (Fsp3) is 1.00. The average molecular weight is 159 g/mol. The van der Waals surface area contributed by atoms with Crippen LogP contribution in [0.5, 0.6) is 0 Å². The molecule has 3 heteroatoms. The highest BCUT2D eigenvalue weighted by molar-refractivity contribution is 4.78. The molecule has 0 bridgehead atoms. The highest BCUT2D eigenvalue weighted by Crippen LogP contribution is 2.18. The van der Waals surface area contributed by atoms with Crippen molar-refractivity contribution in [3.05, 3.63) is 0 Å². The molecular weight excluding hydrogens is 142 g/mol. The molecule has 2 atom stereocenters. The zero-order valence-corrected chi connectivity index (χ0v) is 7.03. The summed E-state index contributed by atoms with van der Waals surface area (Å²) in [4.78, 5) is 2.19. The maximum atomic E-state index is 9.25. The third-order valence-corrected chi connectivity index (χ3v) is 2.41. The molecule has 1 aliphatic heterocycles. The van der Waals surface area contributed by atoms with Crippen molar-refractivity contribution in [2.75, 3.05) is 26.2 Å². The van der Waals surface area contributed by atoms with Crippen LogP contribution in [0.25, 0.3) is 0 Å². The van der Waals surface area contributed by atoms with Gasteiger partial charge in [-0.2, -0.15) is 0 Å². The summed E-state index contributed by atoms with van der Waals surface area (Å²) >= 11 is 0. The van der Waals surface area contributed by atoms with E-state index in [1.54, 1.807) is 0 Å². The quantitative estimate of drug-likeness (QED) is 0.593. The highest BCUT2D eigenvalue weighted by atomic mass is 16.3. The van der Waals surface area contributed by atoms with Crippen molar-refractivity contribution in [1.82, 2.24) is 4.90 Å². The standard InChI is InChI=1S/C8H17NO2/c1-7(11)8-2-3-9(6-8)4-5-10/h7-8,10-11H,2-6H2,1H3. The van der Waals surface area contributed by atoms with E-state index in [0.717, 1.165) is 26.1 Å². The van der Waals surface area contributed by atoms with Gasteiger partial charge in [-0.25, -0.2) is 0 Å². The average Bonchev–Trinajstić information content (AvgIpc) is 2.37. The summed E-state index contributed by atoms with van der Waals surface area (Å²) in [5, 5.41) is 17.9. The van der Waals surface area contributed by atoms with E-state index in [4.69, 9.17) is 5.11 Å². The number of β-amino-alcohol motifs (C(OH)–C–C–N with tert-alkyl or cyclic N) is 1. The zero-order chi connectivity index (χ0) is 8.27. The summed E-state index contributed by atoms with van der Waals surface area (Å²) in [6.45, 7) is 4.79.